The number of aromatic hydroxyl groups is 1. The summed E-state index contributed by atoms with van der Waals surface area (Å²) in [6.07, 6.45) is 1.37. The maximum absolute atomic E-state index is 12.2. The summed E-state index contributed by atoms with van der Waals surface area (Å²) in [4.78, 5) is 16.4. The Morgan fingerprint density at radius 3 is 2.32 bits per heavy atom. The molecular formula is C16H19N3O2S. The predicted octanol–water partition coefficient (Wildman–Crippen LogP) is 3.03. The Bertz CT molecular complexity index is 830. The van der Waals surface area contributed by atoms with Gasteiger partial charge in [-0.2, -0.15) is 0 Å². The lowest BCUT2D eigenvalue weighted by Crippen LogP contribution is -2.25. The largest absolute Gasteiger partial charge is 0.494 e. The van der Waals surface area contributed by atoms with Crippen LogP contribution in [0.3, 0.4) is 0 Å². The van der Waals surface area contributed by atoms with Crippen LogP contribution >= 0.6 is 12.2 Å². The highest BCUT2D eigenvalue weighted by Gasteiger charge is 2.11. The molecule has 6 heteroatoms. The van der Waals surface area contributed by atoms with Gasteiger partial charge < -0.3 is 5.11 Å². The maximum atomic E-state index is 12.2. The molecule has 22 heavy (non-hydrogen) atoms. The topological polar surface area (TPSA) is 59.5 Å². The normalized spacial score (nSPS) is 11.5. The fourth-order valence-corrected chi connectivity index (χ4v) is 2.23. The van der Waals surface area contributed by atoms with Crippen LogP contribution in [0.4, 0.5) is 5.69 Å². The number of hydrogen-bond acceptors (Lipinski definition) is 4. The van der Waals surface area contributed by atoms with Crippen molar-refractivity contribution in [2.75, 3.05) is 0 Å². The van der Waals surface area contributed by atoms with Crippen LogP contribution in [-0.2, 0) is 14.1 Å². The molecule has 0 amide bonds. The summed E-state index contributed by atoms with van der Waals surface area (Å²) >= 11 is 5.07. The highest BCUT2D eigenvalue weighted by atomic mass is 32.1. The molecule has 5 nitrogen and oxygen atoms in total. The fourth-order valence-electron chi connectivity index (χ4n) is 2.06. The lowest BCUT2D eigenvalue weighted by molar-refractivity contribution is 0.415. The van der Waals surface area contributed by atoms with Gasteiger partial charge in [-0.25, -0.2) is 0 Å². The van der Waals surface area contributed by atoms with E-state index in [0.717, 1.165) is 5.69 Å². The predicted molar refractivity (Wildman–Crippen MR) is 90.9 cm³/mol. The molecule has 0 atom stereocenters. The molecule has 1 aromatic heterocycles. The first-order valence-electron chi connectivity index (χ1n) is 6.96. The minimum absolute atomic E-state index is 0.117. The Kier molecular flexibility index (Phi) is 4.61. The Labute approximate surface area is 134 Å². The van der Waals surface area contributed by atoms with E-state index < -0.39 is 0 Å². The summed E-state index contributed by atoms with van der Waals surface area (Å²) in [7, 11) is 3.17. The number of aromatic nitrogens is 2. The van der Waals surface area contributed by atoms with Crippen LogP contribution in [0.25, 0.3) is 0 Å². The summed E-state index contributed by atoms with van der Waals surface area (Å²) in [5.41, 5.74) is 1.69. The van der Waals surface area contributed by atoms with Crippen molar-refractivity contribution in [3.63, 3.8) is 0 Å². The van der Waals surface area contributed by atoms with E-state index in [1.165, 1.54) is 20.9 Å². The van der Waals surface area contributed by atoms with Crippen molar-refractivity contribution in [1.29, 1.82) is 0 Å². The molecule has 2 aromatic rings. The van der Waals surface area contributed by atoms with Crippen LogP contribution in [0.15, 0.2) is 34.1 Å². The van der Waals surface area contributed by atoms with Crippen molar-refractivity contribution >= 4 is 24.1 Å². The van der Waals surface area contributed by atoms with Crippen molar-refractivity contribution in [3.05, 3.63) is 50.5 Å². The fraction of sp³-hybridized carbons (Fsp3) is 0.312. The number of benzene rings is 1. The van der Waals surface area contributed by atoms with Crippen LogP contribution in [0.2, 0.25) is 0 Å². The highest BCUT2D eigenvalue weighted by Crippen LogP contribution is 2.19. The van der Waals surface area contributed by atoms with Gasteiger partial charge in [-0.1, -0.05) is 26.0 Å². The number of nitrogens with zero attached hydrogens (tertiary/aromatic N) is 3. The van der Waals surface area contributed by atoms with Gasteiger partial charge in [0.2, 0.25) is 5.88 Å². The van der Waals surface area contributed by atoms with Crippen molar-refractivity contribution in [1.82, 2.24) is 9.13 Å². The lowest BCUT2D eigenvalue weighted by atomic mass is 10.0. The Hall–Kier alpha value is -2.21. The molecule has 2 rings (SSSR count). The van der Waals surface area contributed by atoms with E-state index >= 15 is 0 Å². The van der Waals surface area contributed by atoms with Crippen molar-refractivity contribution in [2.24, 2.45) is 19.1 Å². The highest BCUT2D eigenvalue weighted by molar-refractivity contribution is 7.71. The average Bonchev–Trinajstić information content (AvgIpc) is 2.51. The van der Waals surface area contributed by atoms with Crippen LogP contribution in [0.1, 0.15) is 30.9 Å². The van der Waals surface area contributed by atoms with E-state index in [2.05, 4.69) is 18.8 Å². The number of hydrogen-bond donors (Lipinski definition) is 1. The SMILES string of the molecule is CC(C)c1ccc(N=Cc2c(O)n(C)c(=S)n(C)c2=O)cc1. The Morgan fingerprint density at radius 1 is 1.18 bits per heavy atom. The van der Waals surface area contributed by atoms with E-state index in [4.69, 9.17) is 12.2 Å². The first-order chi connectivity index (χ1) is 10.3. The molecule has 0 aliphatic carbocycles. The molecule has 0 aliphatic heterocycles. The first-order valence-corrected chi connectivity index (χ1v) is 7.36. The first kappa shape index (κ1) is 16.2. The molecular weight excluding hydrogens is 298 g/mol. The second kappa shape index (κ2) is 6.27. The third-order valence-corrected chi connectivity index (χ3v) is 4.12. The van der Waals surface area contributed by atoms with Gasteiger partial charge in [0.25, 0.3) is 5.56 Å². The van der Waals surface area contributed by atoms with Gasteiger partial charge in [0, 0.05) is 20.3 Å². The third-order valence-electron chi connectivity index (χ3n) is 3.57. The number of aliphatic imine (C=N–C) groups is 1. The van der Waals surface area contributed by atoms with E-state index in [1.807, 2.05) is 24.3 Å². The van der Waals surface area contributed by atoms with Gasteiger partial charge >= 0.3 is 0 Å². The summed E-state index contributed by atoms with van der Waals surface area (Å²) in [5, 5.41) is 10.1. The van der Waals surface area contributed by atoms with Gasteiger partial charge in [0.15, 0.2) is 4.77 Å². The molecule has 1 N–H and O–H groups in total. The van der Waals surface area contributed by atoms with E-state index in [-0.39, 0.29) is 21.8 Å². The molecule has 0 fully saturated rings. The van der Waals surface area contributed by atoms with Gasteiger partial charge in [-0.3, -0.25) is 18.9 Å². The van der Waals surface area contributed by atoms with Gasteiger partial charge in [0.1, 0.15) is 5.56 Å². The lowest BCUT2D eigenvalue weighted by Gasteiger charge is -2.09. The maximum Gasteiger partial charge on any atom is 0.266 e. The summed E-state index contributed by atoms with van der Waals surface area (Å²) < 4.78 is 2.93. The molecule has 0 bridgehead atoms. The van der Waals surface area contributed by atoms with Crippen molar-refractivity contribution in [2.45, 2.75) is 19.8 Å². The summed E-state index contributed by atoms with van der Waals surface area (Å²) in [6, 6.07) is 7.77. The van der Waals surface area contributed by atoms with Crippen LogP contribution in [0, 0.1) is 4.77 Å². The molecule has 0 spiro atoms. The van der Waals surface area contributed by atoms with E-state index in [9.17, 15) is 9.90 Å². The van der Waals surface area contributed by atoms with Gasteiger partial charge in [-0.15, -0.1) is 0 Å². The average molecular weight is 317 g/mol. The van der Waals surface area contributed by atoms with Gasteiger partial charge in [-0.05, 0) is 35.8 Å². The molecule has 0 saturated heterocycles. The standard InChI is InChI=1S/C16H19N3O2S/c1-10(2)11-5-7-12(8-6-11)17-9-13-14(20)18(3)16(22)19(4)15(13)21/h5-10,20H,1-4H3. The molecule has 0 unspecified atom stereocenters. The molecule has 1 heterocycles. The Morgan fingerprint density at radius 2 is 1.77 bits per heavy atom. The molecule has 0 radical (unpaired) electrons. The minimum Gasteiger partial charge on any atom is -0.494 e. The van der Waals surface area contributed by atoms with Crippen LogP contribution < -0.4 is 5.56 Å². The zero-order valence-corrected chi connectivity index (χ0v) is 13.9. The monoisotopic (exact) mass is 317 g/mol. The Balaban J connectivity index is 2.43. The van der Waals surface area contributed by atoms with E-state index in [1.54, 1.807) is 14.1 Å². The molecule has 1 aromatic carbocycles. The van der Waals surface area contributed by atoms with Crippen LogP contribution in [0.5, 0.6) is 5.88 Å². The summed E-state index contributed by atoms with van der Waals surface area (Å²) in [6.45, 7) is 4.24. The number of rotatable bonds is 3. The van der Waals surface area contributed by atoms with Crippen molar-refractivity contribution in [3.8, 4) is 5.88 Å². The minimum atomic E-state index is -0.372. The van der Waals surface area contributed by atoms with Crippen molar-refractivity contribution < 1.29 is 5.11 Å². The third kappa shape index (κ3) is 3.01. The zero-order valence-electron chi connectivity index (χ0n) is 13.1. The van der Waals surface area contributed by atoms with Crippen LogP contribution in [-0.4, -0.2) is 20.5 Å². The van der Waals surface area contributed by atoms with Gasteiger partial charge in [0.05, 0.1) is 5.69 Å². The molecule has 0 saturated carbocycles. The quantitative estimate of drug-likeness (QED) is 0.699. The van der Waals surface area contributed by atoms with E-state index in [0.29, 0.717) is 5.92 Å². The zero-order chi connectivity index (χ0) is 16.4. The second-order valence-corrected chi connectivity index (χ2v) is 5.81. The smallest absolute Gasteiger partial charge is 0.266 e. The molecule has 116 valence electrons. The summed E-state index contributed by atoms with van der Waals surface area (Å²) in [5.74, 6) is 0.267. The second-order valence-electron chi connectivity index (χ2n) is 5.45. The molecule has 0 aliphatic rings.